The Kier molecular flexibility index (Phi) is 5.51. The summed E-state index contributed by atoms with van der Waals surface area (Å²) in [5.41, 5.74) is 3.17. The fourth-order valence-corrected chi connectivity index (χ4v) is 3.78. The summed E-state index contributed by atoms with van der Waals surface area (Å²) in [5.74, 6) is 0.344. The molecule has 172 valence electrons. The average molecular weight is 458 g/mol. The second kappa shape index (κ2) is 8.78. The van der Waals surface area contributed by atoms with Gasteiger partial charge in [0.2, 0.25) is 6.79 Å². The van der Waals surface area contributed by atoms with E-state index in [0.717, 1.165) is 11.1 Å². The van der Waals surface area contributed by atoms with Gasteiger partial charge in [0.15, 0.2) is 17.1 Å². The number of amides is 1. The molecule has 4 aromatic rings. The number of carbonyl (C=O) groups excluding carboxylic acids is 1. The predicted octanol–water partition coefficient (Wildman–Crippen LogP) is 3.55. The van der Waals surface area contributed by atoms with Crippen LogP contribution in [-0.4, -0.2) is 39.2 Å². The van der Waals surface area contributed by atoms with Crippen molar-refractivity contribution in [2.75, 3.05) is 12.1 Å². The molecule has 0 spiro atoms. The van der Waals surface area contributed by atoms with E-state index in [2.05, 4.69) is 10.6 Å². The van der Waals surface area contributed by atoms with Crippen molar-refractivity contribution in [3.8, 4) is 22.8 Å². The Bertz CT molecular complexity index is 1380. The van der Waals surface area contributed by atoms with Gasteiger partial charge in [-0.2, -0.15) is 0 Å². The van der Waals surface area contributed by atoms with Crippen molar-refractivity contribution in [2.24, 2.45) is 0 Å². The monoisotopic (exact) mass is 458 g/mol. The maximum absolute atomic E-state index is 12.9. The molecule has 0 saturated carbocycles. The Morgan fingerprint density at radius 3 is 2.68 bits per heavy atom. The molecule has 9 nitrogen and oxygen atoms in total. The smallest absolute Gasteiger partial charge is 0.325 e. The predicted molar refractivity (Wildman–Crippen MR) is 125 cm³/mol. The molecule has 0 bridgehead atoms. The molecule has 0 radical (unpaired) electrons. The van der Waals surface area contributed by atoms with Crippen molar-refractivity contribution in [1.29, 1.82) is 0 Å². The summed E-state index contributed by atoms with van der Waals surface area (Å²) < 4.78 is 12.8. The van der Waals surface area contributed by atoms with E-state index >= 15 is 0 Å². The molecule has 1 amide bonds. The van der Waals surface area contributed by atoms with E-state index in [1.165, 1.54) is 6.92 Å². The minimum absolute atomic E-state index is 0.162. The molecule has 0 aliphatic carbocycles. The third-order valence-corrected chi connectivity index (χ3v) is 5.56. The van der Waals surface area contributed by atoms with E-state index in [1.807, 2.05) is 54.7 Å². The molecule has 1 atom stereocenters. The lowest BCUT2D eigenvalue weighted by Crippen LogP contribution is -2.38. The molecule has 0 saturated heterocycles. The number of carboxylic acid groups (broad SMARTS) is 1. The van der Waals surface area contributed by atoms with Gasteiger partial charge in [0.05, 0.1) is 5.56 Å². The van der Waals surface area contributed by atoms with Gasteiger partial charge in [-0.25, -0.2) is 4.98 Å². The molecule has 2 aromatic heterocycles. The Hall–Kier alpha value is -4.53. The van der Waals surface area contributed by atoms with Gasteiger partial charge < -0.3 is 25.2 Å². The highest BCUT2D eigenvalue weighted by atomic mass is 16.7. The molecule has 3 N–H and O–H groups in total. The van der Waals surface area contributed by atoms with Crippen LogP contribution in [0.15, 0.2) is 66.9 Å². The normalized spacial score (nSPS) is 13.0. The number of carbonyl (C=O) groups is 2. The number of ether oxygens (including phenoxy) is 2. The summed E-state index contributed by atoms with van der Waals surface area (Å²) in [5, 5.41) is 15.1. The number of nitrogens with one attached hydrogen (secondary N) is 2. The topological polar surface area (TPSA) is 114 Å². The summed E-state index contributed by atoms with van der Waals surface area (Å²) >= 11 is 0. The van der Waals surface area contributed by atoms with Crippen LogP contribution in [0.5, 0.6) is 11.5 Å². The Balaban J connectivity index is 1.60. The number of aliphatic carboxylic acids is 1. The Morgan fingerprint density at radius 2 is 1.88 bits per heavy atom. The summed E-state index contributed by atoms with van der Waals surface area (Å²) in [6.07, 6.45) is 1.81. The zero-order chi connectivity index (χ0) is 23.7. The molecule has 1 aliphatic heterocycles. The van der Waals surface area contributed by atoms with Gasteiger partial charge >= 0.3 is 5.97 Å². The van der Waals surface area contributed by atoms with E-state index in [9.17, 15) is 14.7 Å². The van der Waals surface area contributed by atoms with Gasteiger partial charge in [0.25, 0.3) is 5.91 Å². The van der Waals surface area contributed by atoms with Gasteiger partial charge in [-0.15, -0.1) is 0 Å². The lowest BCUT2D eigenvalue weighted by atomic mass is 10.1. The SMILES string of the molecule is CC(NC(=O)c1cccn2c(NCc3ccccc3)c(-c3ccc4c(c3)OCO4)nc12)C(=O)O. The van der Waals surface area contributed by atoms with Gasteiger partial charge in [0, 0.05) is 18.3 Å². The van der Waals surface area contributed by atoms with Crippen LogP contribution in [0.3, 0.4) is 0 Å². The lowest BCUT2D eigenvalue weighted by Gasteiger charge is -2.11. The van der Waals surface area contributed by atoms with Crippen LogP contribution in [0.25, 0.3) is 16.9 Å². The molecule has 2 aromatic carbocycles. The van der Waals surface area contributed by atoms with Crippen LogP contribution in [0.4, 0.5) is 5.82 Å². The summed E-state index contributed by atoms with van der Waals surface area (Å²) in [6, 6.07) is 17.8. The maximum Gasteiger partial charge on any atom is 0.325 e. The number of pyridine rings is 1. The van der Waals surface area contributed by atoms with Crippen molar-refractivity contribution < 1.29 is 24.2 Å². The first-order chi connectivity index (χ1) is 16.5. The third kappa shape index (κ3) is 3.99. The summed E-state index contributed by atoms with van der Waals surface area (Å²) in [7, 11) is 0. The van der Waals surface area contributed by atoms with E-state index in [-0.39, 0.29) is 12.4 Å². The molecular weight excluding hydrogens is 436 g/mol. The van der Waals surface area contributed by atoms with Gasteiger partial charge in [0.1, 0.15) is 17.6 Å². The van der Waals surface area contributed by atoms with Crippen molar-refractivity contribution in [3.05, 3.63) is 78.0 Å². The van der Waals surface area contributed by atoms with E-state index in [4.69, 9.17) is 14.5 Å². The van der Waals surface area contributed by atoms with E-state index in [0.29, 0.717) is 35.2 Å². The van der Waals surface area contributed by atoms with Crippen molar-refractivity contribution >= 4 is 23.3 Å². The molecule has 34 heavy (non-hydrogen) atoms. The molecule has 1 unspecified atom stereocenters. The van der Waals surface area contributed by atoms with Gasteiger partial charge in [-0.3, -0.25) is 14.0 Å². The lowest BCUT2D eigenvalue weighted by molar-refractivity contribution is -0.138. The number of rotatable bonds is 7. The standard InChI is InChI=1S/C25H22N4O5/c1-15(25(31)32)27-24(30)18-8-5-11-29-22(18)28-21(17-9-10-19-20(12-17)34-14-33-19)23(29)26-13-16-6-3-2-4-7-16/h2-12,15,26H,13-14H2,1H3,(H,27,30)(H,31,32). The number of anilines is 1. The van der Waals surface area contributed by atoms with Crippen LogP contribution in [0, 0.1) is 0 Å². The number of aromatic nitrogens is 2. The van der Waals surface area contributed by atoms with Gasteiger partial charge in [-0.05, 0) is 42.8 Å². The second-order valence-electron chi connectivity index (χ2n) is 7.87. The molecule has 3 heterocycles. The van der Waals surface area contributed by atoms with Crippen LogP contribution in [0.1, 0.15) is 22.8 Å². The quantitative estimate of drug-likeness (QED) is 0.388. The first-order valence-electron chi connectivity index (χ1n) is 10.7. The fourth-order valence-electron chi connectivity index (χ4n) is 3.78. The van der Waals surface area contributed by atoms with Crippen molar-refractivity contribution in [2.45, 2.75) is 19.5 Å². The van der Waals surface area contributed by atoms with Crippen LogP contribution >= 0.6 is 0 Å². The number of imidazole rings is 1. The first kappa shape index (κ1) is 21.3. The average Bonchev–Trinajstić information content (AvgIpc) is 3.47. The number of hydrogen-bond acceptors (Lipinski definition) is 6. The third-order valence-electron chi connectivity index (χ3n) is 5.56. The zero-order valence-electron chi connectivity index (χ0n) is 18.3. The number of nitrogens with zero attached hydrogens (tertiary/aromatic N) is 2. The summed E-state index contributed by atoms with van der Waals surface area (Å²) in [6.45, 7) is 2.12. The van der Waals surface area contributed by atoms with E-state index in [1.54, 1.807) is 16.5 Å². The highest BCUT2D eigenvalue weighted by Gasteiger charge is 2.23. The Labute approximate surface area is 195 Å². The fraction of sp³-hybridized carbons (Fsp3) is 0.160. The highest BCUT2D eigenvalue weighted by Crippen LogP contribution is 2.38. The number of fused-ring (bicyclic) bond motifs is 2. The minimum atomic E-state index is -1.12. The second-order valence-corrected chi connectivity index (χ2v) is 7.87. The molecule has 9 heteroatoms. The van der Waals surface area contributed by atoms with Crippen LogP contribution < -0.4 is 20.1 Å². The Morgan fingerprint density at radius 1 is 1.09 bits per heavy atom. The molecular formula is C25H22N4O5. The van der Waals surface area contributed by atoms with Crippen molar-refractivity contribution in [3.63, 3.8) is 0 Å². The summed E-state index contributed by atoms with van der Waals surface area (Å²) in [4.78, 5) is 28.9. The highest BCUT2D eigenvalue weighted by molar-refractivity contribution is 6.02. The van der Waals surface area contributed by atoms with Crippen molar-refractivity contribution in [1.82, 2.24) is 14.7 Å². The number of hydrogen-bond donors (Lipinski definition) is 3. The largest absolute Gasteiger partial charge is 0.480 e. The molecule has 1 aliphatic rings. The van der Waals surface area contributed by atoms with Crippen LogP contribution in [0.2, 0.25) is 0 Å². The van der Waals surface area contributed by atoms with Gasteiger partial charge in [-0.1, -0.05) is 30.3 Å². The van der Waals surface area contributed by atoms with Crippen LogP contribution in [-0.2, 0) is 11.3 Å². The first-order valence-corrected chi connectivity index (χ1v) is 10.7. The zero-order valence-corrected chi connectivity index (χ0v) is 18.3. The maximum atomic E-state index is 12.9. The molecule has 5 rings (SSSR count). The minimum Gasteiger partial charge on any atom is -0.480 e. The number of benzene rings is 2. The number of carboxylic acids is 1. The molecule has 0 fully saturated rings. The van der Waals surface area contributed by atoms with E-state index < -0.39 is 17.9 Å².